The number of ether oxygens (including phenoxy) is 1. The van der Waals surface area contributed by atoms with Crippen LogP contribution in [0.1, 0.15) is 78.3 Å². The molecule has 0 saturated heterocycles. The fourth-order valence-electron chi connectivity index (χ4n) is 8.08. The van der Waals surface area contributed by atoms with Crippen LogP contribution in [-0.2, 0) is 15.1 Å². The SMILES string of the molecule is CC(=O)OC[C@H]1C[C@@H](C)CC[C@]1(C)[C@H]1CC[C@@]2(C)[C@@H](CC[C@@]2(O)c2ccccn2)[C@@H]1CN. The Balaban J connectivity index is 1.64. The van der Waals surface area contributed by atoms with Crippen molar-refractivity contribution < 1.29 is 14.6 Å². The van der Waals surface area contributed by atoms with E-state index in [0.29, 0.717) is 42.7 Å². The van der Waals surface area contributed by atoms with Gasteiger partial charge in [-0.05, 0) is 92.2 Å². The molecule has 3 N–H and O–H groups in total. The van der Waals surface area contributed by atoms with Gasteiger partial charge in [-0.15, -0.1) is 0 Å². The Labute approximate surface area is 193 Å². The monoisotopic (exact) mass is 442 g/mol. The molecule has 3 aliphatic carbocycles. The Kier molecular flexibility index (Phi) is 6.45. The van der Waals surface area contributed by atoms with Crippen molar-refractivity contribution in [1.29, 1.82) is 0 Å². The number of esters is 1. The number of carbonyl (C=O) groups is 1. The molecule has 0 aromatic carbocycles. The minimum absolute atomic E-state index is 0.110. The van der Waals surface area contributed by atoms with Crippen LogP contribution >= 0.6 is 0 Å². The molecule has 0 aliphatic heterocycles. The lowest BCUT2D eigenvalue weighted by Gasteiger charge is -2.58. The minimum atomic E-state index is -0.892. The van der Waals surface area contributed by atoms with Crippen LogP contribution in [0, 0.1) is 40.4 Å². The van der Waals surface area contributed by atoms with Gasteiger partial charge in [0.05, 0.1) is 12.3 Å². The Morgan fingerprint density at radius 1 is 1.19 bits per heavy atom. The van der Waals surface area contributed by atoms with Gasteiger partial charge < -0.3 is 15.6 Å². The second-order valence-electron chi connectivity index (χ2n) is 11.6. The molecule has 3 fully saturated rings. The Morgan fingerprint density at radius 3 is 2.59 bits per heavy atom. The van der Waals surface area contributed by atoms with E-state index in [9.17, 15) is 9.90 Å². The van der Waals surface area contributed by atoms with Gasteiger partial charge in [0.15, 0.2) is 0 Å². The maximum absolute atomic E-state index is 12.0. The summed E-state index contributed by atoms with van der Waals surface area (Å²) in [5.41, 5.74) is 6.32. The van der Waals surface area contributed by atoms with E-state index >= 15 is 0 Å². The lowest BCUT2D eigenvalue weighted by molar-refractivity contribution is -0.155. The maximum atomic E-state index is 12.0. The van der Waals surface area contributed by atoms with Crippen molar-refractivity contribution in [2.45, 2.75) is 78.2 Å². The summed E-state index contributed by atoms with van der Waals surface area (Å²) in [7, 11) is 0. The summed E-state index contributed by atoms with van der Waals surface area (Å²) in [6.45, 7) is 9.71. The molecule has 1 aromatic rings. The van der Waals surface area contributed by atoms with Crippen LogP contribution in [0.4, 0.5) is 0 Å². The number of aliphatic hydroxyl groups is 1. The normalized spacial score (nSPS) is 44.1. The molecule has 3 aliphatic rings. The first-order valence-corrected chi connectivity index (χ1v) is 12.6. The Hall–Kier alpha value is -1.46. The van der Waals surface area contributed by atoms with Gasteiger partial charge in [0, 0.05) is 18.5 Å². The van der Waals surface area contributed by atoms with Crippen molar-refractivity contribution >= 4 is 5.97 Å². The molecule has 0 spiro atoms. The average molecular weight is 443 g/mol. The summed E-state index contributed by atoms with van der Waals surface area (Å²) in [5, 5.41) is 12.0. The van der Waals surface area contributed by atoms with Gasteiger partial charge in [0.1, 0.15) is 5.60 Å². The molecule has 8 atom stereocenters. The molecular formula is C27H42N2O3. The fourth-order valence-corrected chi connectivity index (χ4v) is 8.08. The minimum Gasteiger partial charge on any atom is -0.466 e. The summed E-state index contributed by atoms with van der Waals surface area (Å²) >= 11 is 0. The number of nitrogens with zero attached hydrogens (tertiary/aromatic N) is 1. The Bertz CT molecular complexity index is 816. The number of nitrogens with two attached hydrogens (primary N) is 1. The fraction of sp³-hybridized carbons (Fsp3) is 0.778. The molecule has 5 heteroatoms. The zero-order valence-corrected chi connectivity index (χ0v) is 20.3. The molecule has 5 nitrogen and oxygen atoms in total. The zero-order chi connectivity index (χ0) is 23.1. The van der Waals surface area contributed by atoms with E-state index in [-0.39, 0.29) is 16.8 Å². The molecule has 1 aromatic heterocycles. The molecule has 0 unspecified atom stereocenters. The van der Waals surface area contributed by atoms with E-state index in [1.807, 2.05) is 18.2 Å². The predicted octanol–water partition coefficient (Wildman–Crippen LogP) is 4.68. The number of fused-ring (bicyclic) bond motifs is 1. The Morgan fingerprint density at radius 2 is 1.94 bits per heavy atom. The van der Waals surface area contributed by atoms with Crippen molar-refractivity contribution in [2.24, 2.45) is 46.2 Å². The highest BCUT2D eigenvalue weighted by atomic mass is 16.5. The van der Waals surface area contributed by atoms with Gasteiger partial charge in [-0.2, -0.15) is 0 Å². The highest BCUT2D eigenvalue weighted by Crippen LogP contribution is 2.67. The first-order chi connectivity index (χ1) is 15.2. The molecule has 32 heavy (non-hydrogen) atoms. The molecule has 0 radical (unpaired) electrons. The number of aromatic nitrogens is 1. The van der Waals surface area contributed by atoms with E-state index in [4.69, 9.17) is 10.5 Å². The molecule has 1 heterocycles. The van der Waals surface area contributed by atoms with E-state index < -0.39 is 5.60 Å². The van der Waals surface area contributed by atoms with Crippen LogP contribution in [0.5, 0.6) is 0 Å². The first-order valence-electron chi connectivity index (χ1n) is 12.6. The van der Waals surface area contributed by atoms with Crippen LogP contribution in [0.25, 0.3) is 0 Å². The summed E-state index contributed by atoms with van der Waals surface area (Å²) in [5.74, 6) is 2.08. The van der Waals surface area contributed by atoms with Crippen LogP contribution in [0.3, 0.4) is 0 Å². The topological polar surface area (TPSA) is 85.4 Å². The summed E-state index contributed by atoms with van der Waals surface area (Å²) in [6.07, 6.45) is 9.07. The van der Waals surface area contributed by atoms with E-state index in [1.54, 1.807) is 6.20 Å². The van der Waals surface area contributed by atoms with Crippen molar-refractivity contribution in [2.75, 3.05) is 13.2 Å². The number of rotatable bonds is 5. The largest absolute Gasteiger partial charge is 0.466 e. The summed E-state index contributed by atoms with van der Waals surface area (Å²) < 4.78 is 5.56. The van der Waals surface area contributed by atoms with Gasteiger partial charge in [-0.1, -0.05) is 33.3 Å². The molecule has 0 bridgehead atoms. The van der Waals surface area contributed by atoms with Crippen molar-refractivity contribution in [3.8, 4) is 0 Å². The third kappa shape index (κ3) is 3.69. The average Bonchev–Trinajstić information content (AvgIpc) is 3.06. The van der Waals surface area contributed by atoms with Crippen molar-refractivity contribution in [3.63, 3.8) is 0 Å². The second kappa shape index (κ2) is 8.72. The summed E-state index contributed by atoms with van der Waals surface area (Å²) in [4.78, 5) is 16.2. The third-order valence-electron chi connectivity index (χ3n) is 10.1. The first kappa shape index (κ1) is 23.7. The van der Waals surface area contributed by atoms with Gasteiger partial charge in [0.25, 0.3) is 0 Å². The summed E-state index contributed by atoms with van der Waals surface area (Å²) in [6, 6.07) is 5.87. The van der Waals surface area contributed by atoms with Crippen LogP contribution < -0.4 is 5.73 Å². The lowest BCUT2D eigenvalue weighted by Crippen LogP contribution is -2.55. The number of carbonyl (C=O) groups excluding carboxylic acids is 1. The predicted molar refractivity (Wildman–Crippen MR) is 125 cm³/mol. The van der Waals surface area contributed by atoms with Gasteiger partial charge in [-0.3, -0.25) is 9.78 Å². The maximum Gasteiger partial charge on any atom is 0.302 e. The standard InChI is InChI=1S/C27H42N2O3/c1-18-8-11-25(3,20(15-18)17-32-19(2)30)22-9-12-26(4)23(21(22)16-28)10-13-27(26,31)24-7-5-6-14-29-24/h5-7,14,18,20-23,31H,8-13,15-17,28H2,1-4H3/t18-,20+,21+,22-,23-,25-,26-,27+/m0/s1. The van der Waals surface area contributed by atoms with Gasteiger partial charge in [-0.25, -0.2) is 0 Å². The number of hydrogen-bond acceptors (Lipinski definition) is 5. The van der Waals surface area contributed by atoms with E-state index in [2.05, 4.69) is 25.8 Å². The highest BCUT2D eigenvalue weighted by molar-refractivity contribution is 5.65. The highest BCUT2D eigenvalue weighted by Gasteiger charge is 2.64. The van der Waals surface area contributed by atoms with E-state index in [1.165, 1.54) is 13.3 Å². The van der Waals surface area contributed by atoms with Gasteiger partial charge in [0.2, 0.25) is 0 Å². The van der Waals surface area contributed by atoms with Crippen LogP contribution in [0.2, 0.25) is 0 Å². The molecule has 4 rings (SSSR count). The lowest BCUT2D eigenvalue weighted by atomic mass is 9.48. The smallest absolute Gasteiger partial charge is 0.302 e. The zero-order valence-electron chi connectivity index (χ0n) is 20.3. The molecule has 178 valence electrons. The number of pyridine rings is 1. The quantitative estimate of drug-likeness (QED) is 0.647. The second-order valence-corrected chi connectivity index (χ2v) is 11.6. The van der Waals surface area contributed by atoms with Crippen molar-refractivity contribution in [3.05, 3.63) is 30.1 Å². The molecule has 0 amide bonds. The third-order valence-corrected chi connectivity index (χ3v) is 10.1. The van der Waals surface area contributed by atoms with Crippen LogP contribution in [-0.4, -0.2) is 29.2 Å². The number of hydrogen-bond donors (Lipinski definition) is 2. The van der Waals surface area contributed by atoms with Crippen molar-refractivity contribution in [1.82, 2.24) is 4.98 Å². The van der Waals surface area contributed by atoms with Crippen LogP contribution in [0.15, 0.2) is 24.4 Å². The van der Waals surface area contributed by atoms with E-state index in [0.717, 1.165) is 44.2 Å². The van der Waals surface area contributed by atoms with Gasteiger partial charge >= 0.3 is 5.97 Å². The molecule has 3 saturated carbocycles. The molecular weight excluding hydrogens is 400 g/mol.